The Kier molecular flexibility index (Phi) is 9.57. The SMILES string of the molecule is CCCCOc1ccc(/C=N\NC(=O)[C@H](Cc2ccccc2)NS(=O)(=O)c2ccc(C)cc2)cc1. The van der Waals surface area contributed by atoms with Gasteiger partial charge in [0.05, 0.1) is 17.7 Å². The summed E-state index contributed by atoms with van der Waals surface area (Å²) in [5.41, 5.74) is 5.00. The van der Waals surface area contributed by atoms with Crippen LogP contribution in [-0.4, -0.2) is 33.2 Å². The quantitative estimate of drug-likeness (QED) is 0.224. The number of nitrogens with one attached hydrogen (secondary N) is 2. The maximum absolute atomic E-state index is 12.9. The number of rotatable bonds is 12. The zero-order valence-electron chi connectivity index (χ0n) is 20.0. The predicted octanol–water partition coefficient (Wildman–Crippen LogP) is 4.21. The van der Waals surface area contributed by atoms with Crippen LogP contribution in [0.3, 0.4) is 0 Å². The van der Waals surface area contributed by atoms with E-state index in [9.17, 15) is 13.2 Å². The van der Waals surface area contributed by atoms with Gasteiger partial charge in [-0.2, -0.15) is 9.82 Å². The number of sulfonamides is 1. The van der Waals surface area contributed by atoms with Gasteiger partial charge in [-0.3, -0.25) is 4.79 Å². The Morgan fingerprint density at radius 2 is 1.69 bits per heavy atom. The first-order chi connectivity index (χ1) is 16.9. The number of carbonyl (C=O) groups excluding carboxylic acids is 1. The summed E-state index contributed by atoms with van der Waals surface area (Å²) in [5.74, 6) is 0.216. The molecule has 0 unspecified atom stereocenters. The first-order valence-electron chi connectivity index (χ1n) is 11.6. The van der Waals surface area contributed by atoms with E-state index in [-0.39, 0.29) is 11.3 Å². The van der Waals surface area contributed by atoms with Gasteiger partial charge in [0, 0.05) is 0 Å². The minimum absolute atomic E-state index is 0.0960. The van der Waals surface area contributed by atoms with E-state index in [1.165, 1.54) is 18.3 Å². The summed E-state index contributed by atoms with van der Waals surface area (Å²) in [7, 11) is -3.91. The van der Waals surface area contributed by atoms with E-state index in [0.29, 0.717) is 6.61 Å². The van der Waals surface area contributed by atoms with E-state index in [2.05, 4.69) is 22.2 Å². The predicted molar refractivity (Wildman–Crippen MR) is 138 cm³/mol. The molecule has 0 aliphatic carbocycles. The molecule has 3 rings (SSSR count). The average Bonchev–Trinajstić information content (AvgIpc) is 2.85. The molecule has 0 fully saturated rings. The fourth-order valence-corrected chi connectivity index (χ4v) is 4.44. The number of nitrogens with zero attached hydrogens (tertiary/aromatic N) is 1. The third-order valence-electron chi connectivity index (χ3n) is 5.26. The first kappa shape index (κ1) is 26.1. The molecule has 0 radical (unpaired) electrons. The largest absolute Gasteiger partial charge is 0.494 e. The van der Waals surface area contributed by atoms with E-state index < -0.39 is 22.0 Å². The van der Waals surface area contributed by atoms with Crippen molar-refractivity contribution in [3.63, 3.8) is 0 Å². The second-order valence-corrected chi connectivity index (χ2v) is 9.90. The summed E-state index contributed by atoms with van der Waals surface area (Å²) in [4.78, 5) is 13.0. The van der Waals surface area contributed by atoms with Gasteiger partial charge in [0.1, 0.15) is 11.8 Å². The van der Waals surface area contributed by atoms with Crippen LogP contribution < -0.4 is 14.9 Å². The van der Waals surface area contributed by atoms with Crippen molar-refractivity contribution in [1.82, 2.24) is 10.1 Å². The molecule has 2 N–H and O–H groups in total. The van der Waals surface area contributed by atoms with Crippen LogP contribution in [0, 0.1) is 6.92 Å². The van der Waals surface area contributed by atoms with Gasteiger partial charge < -0.3 is 4.74 Å². The molecular weight excluding hydrogens is 462 g/mol. The maximum atomic E-state index is 12.9. The molecule has 3 aromatic rings. The number of unbranched alkanes of at least 4 members (excludes halogenated alkanes) is 1. The fourth-order valence-electron chi connectivity index (χ4n) is 3.24. The van der Waals surface area contributed by atoms with Crippen molar-refractivity contribution < 1.29 is 17.9 Å². The van der Waals surface area contributed by atoms with Gasteiger partial charge in [0.2, 0.25) is 10.0 Å². The summed E-state index contributed by atoms with van der Waals surface area (Å²) in [5, 5.41) is 4.02. The number of hydrogen-bond acceptors (Lipinski definition) is 5. The highest BCUT2D eigenvalue weighted by Gasteiger charge is 2.26. The van der Waals surface area contributed by atoms with Crippen LogP contribution >= 0.6 is 0 Å². The summed E-state index contributed by atoms with van der Waals surface area (Å²) < 4.78 is 34.0. The molecule has 0 aliphatic rings. The molecule has 3 aromatic carbocycles. The van der Waals surface area contributed by atoms with Crippen molar-refractivity contribution in [1.29, 1.82) is 0 Å². The molecule has 0 saturated carbocycles. The van der Waals surface area contributed by atoms with E-state index in [1.807, 2.05) is 61.5 Å². The fraction of sp³-hybridized carbons (Fsp3) is 0.259. The molecule has 1 atom stereocenters. The summed E-state index contributed by atoms with van der Waals surface area (Å²) in [6, 6.07) is 22.0. The van der Waals surface area contributed by atoms with E-state index in [4.69, 9.17) is 4.74 Å². The zero-order chi connectivity index (χ0) is 25.1. The molecule has 35 heavy (non-hydrogen) atoms. The highest BCUT2D eigenvalue weighted by Crippen LogP contribution is 2.13. The highest BCUT2D eigenvalue weighted by atomic mass is 32.2. The standard InChI is InChI=1S/C27H31N3O4S/c1-3-4-18-34-24-14-12-23(13-15-24)20-28-29-27(31)26(19-22-8-6-5-7-9-22)30-35(32,33)25-16-10-21(2)11-17-25/h5-17,20,26,30H,3-4,18-19H2,1-2H3,(H,29,31)/b28-20-/t26-/m0/s1. The van der Waals surface area contributed by atoms with Gasteiger partial charge in [-0.15, -0.1) is 0 Å². The highest BCUT2D eigenvalue weighted by molar-refractivity contribution is 7.89. The Bertz CT molecular complexity index is 1210. The van der Waals surface area contributed by atoms with Crippen LogP contribution in [0.1, 0.15) is 36.5 Å². The lowest BCUT2D eigenvalue weighted by atomic mass is 10.1. The molecular formula is C27H31N3O4S. The lowest BCUT2D eigenvalue weighted by molar-refractivity contribution is -0.122. The molecule has 8 heteroatoms. The van der Waals surface area contributed by atoms with Crippen molar-refractivity contribution >= 4 is 22.1 Å². The van der Waals surface area contributed by atoms with Crippen molar-refractivity contribution in [2.75, 3.05) is 6.61 Å². The van der Waals surface area contributed by atoms with Crippen molar-refractivity contribution in [2.24, 2.45) is 5.10 Å². The number of benzene rings is 3. The smallest absolute Gasteiger partial charge is 0.258 e. The third-order valence-corrected chi connectivity index (χ3v) is 6.75. The van der Waals surface area contributed by atoms with Crippen LogP contribution in [0.5, 0.6) is 5.75 Å². The lowest BCUT2D eigenvalue weighted by Crippen LogP contribution is -2.46. The molecule has 0 aromatic heterocycles. The van der Waals surface area contributed by atoms with E-state index in [0.717, 1.165) is 35.3 Å². The van der Waals surface area contributed by atoms with Crippen LogP contribution in [0.25, 0.3) is 0 Å². The van der Waals surface area contributed by atoms with Gasteiger partial charge in [0.15, 0.2) is 0 Å². The number of ether oxygens (including phenoxy) is 1. The second-order valence-electron chi connectivity index (χ2n) is 8.18. The Hall–Kier alpha value is -3.49. The summed E-state index contributed by atoms with van der Waals surface area (Å²) >= 11 is 0. The Morgan fingerprint density at radius 1 is 1.00 bits per heavy atom. The zero-order valence-corrected chi connectivity index (χ0v) is 20.8. The van der Waals surface area contributed by atoms with Crippen LogP contribution in [0.2, 0.25) is 0 Å². The topological polar surface area (TPSA) is 96.9 Å². The number of amides is 1. The monoisotopic (exact) mass is 493 g/mol. The van der Waals surface area contributed by atoms with Crippen molar-refractivity contribution in [3.05, 3.63) is 95.6 Å². The molecule has 0 bridgehead atoms. The summed E-state index contributed by atoms with van der Waals surface area (Å²) in [6.45, 7) is 4.65. The minimum atomic E-state index is -3.91. The minimum Gasteiger partial charge on any atom is -0.494 e. The molecule has 0 aliphatic heterocycles. The van der Waals surface area contributed by atoms with Crippen LogP contribution in [-0.2, 0) is 21.2 Å². The second kappa shape index (κ2) is 12.8. The van der Waals surface area contributed by atoms with Gasteiger partial charge in [0.25, 0.3) is 5.91 Å². The van der Waals surface area contributed by atoms with Gasteiger partial charge in [-0.05, 0) is 67.3 Å². The maximum Gasteiger partial charge on any atom is 0.258 e. The Labute approximate surface area is 207 Å². The van der Waals surface area contributed by atoms with Gasteiger partial charge >= 0.3 is 0 Å². The number of aryl methyl sites for hydroxylation is 1. The van der Waals surface area contributed by atoms with Crippen LogP contribution in [0.15, 0.2) is 88.9 Å². The lowest BCUT2D eigenvalue weighted by Gasteiger charge is -2.17. The van der Waals surface area contributed by atoms with E-state index >= 15 is 0 Å². The van der Waals surface area contributed by atoms with E-state index in [1.54, 1.807) is 12.1 Å². The molecule has 0 spiro atoms. The average molecular weight is 494 g/mol. The molecule has 0 saturated heterocycles. The third kappa shape index (κ3) is 8.35. The number of hydrazone groups is 1. The van der Waals surface area contributed by atoms with Crippen molar-refractivity contribution in [3.8, 4) is 5.75 Å². The first-order valence-corrected chi connectivity index (χ1v) is 13.0. The normalized spacial score (nSPS) is 12.4. The number of hydrogen-bond donors (Lipinski definition) is 2. The molecule has 0 heterocycles. The van der Waals surface area contributed by atoms with Crippen molar-refractivity contribution in [2.45, 2.75) is 44.0 Å². The van der Waals surface area contributed by atoms with Crippen LogP contribution in [0.4, 0.5) is 0 Å². The van der Waals surface area contributed by atoms with Gasteiger partial charge in [-0.1, -0.05) is 61.4 Å². The number of carbonyl (C=O) groups is 1. The molecule has 1 amide bonds. The summed E-state index contributed by atoms with van der Waals surface area (Å²) in [6.07, 6.45) is 3.74. The van der Waals surface area contributed by atoms with Gasteiger partial charge in [-0.25, -0.2) is 13.8 Å². The Morgan fingerprint density at radius 3 is 2.34 bits per heavy atom. The molecule has 184 valence electrons. The Balaban J connectivity index is 1.68. The molecule has 7 nitrogen and oxygen atoms in total.